The summed E-state index contributed by atoms with van der Waals surface area (Å²) in [4.78, 5) is 0. The molecule has 0 bridgehead atoms. The average Bonchev–Trinajstić information content (AvgIpc) is 1.35. The van der Waals surface area contributed by atoms with Crippen molar-refractivity contribution in [3.05, 3.63) is 0 Å². The minimum atomic E-state index is 0.0694. The van der Waals surface area contributed by atoms with Gasteiger partial charge in [0.05, 0.1) is 0 Å². The van der Waals surface area contributed by atoms with Crippen LogP contribution in [0.5, 0.6) is 0 Å². The van der Waals surface area contributed by atoms with Crippen LogP contribution in [0.2, 0.25) is 0 Å². The van der Waals surface area contributed by atoms with E-state index >= 15 is 0 Å². The molecule has 2 heteroatoms. The standard InChI is InChI=1S/C4H12NP/c1-4(2,5)6-3/h6H,5H2,1-3H3. The fourth-order valence-electron chi connectivity index (χ4n) is 0. The van der Waals surface area contributed by atoms with Crippen molar-refractivity contribution in [3.8, 4) is 0 Å². The minimum Gasteiger partial charge on any atom is -0.322 e. The fraction of sp³-hybridized carbons (Fsp3) is 1.00. The summed E-state index contributed by atoms with van der Waals surface area (Å²) in [5.41, 5.74) is 5.55. The Kier molecular flexibility index (Phi) is 2.03. The molecule has 0 aromatic carbocycles. The maximum atomic E-state index is 5.55. The largest absolute Gasteiger partial charge is 0.322 e. The first-order chi connectivity index (χ1) is 2.56. The van der Waals surface area contributed by atoms with Gasteiger partial charge >= 0.3 is 0 Å². The highest BCUT2D eigenvalue weighted by atomic mass is 31.1. The summed E-state index contributed by atoms with van der Waals surface area (Å²) in [6.07, 6.45) is 0. The Morgan fingerprint density at radius 1 is 1.50 bits per heavy atom. The van der Waals surface area contributed by atoms with Gasteiger partial charge in [-0.05, 0) is 20.5 Å². The van der Waals surface area contributed by atoms with E-state index in [1.807, 2.05) is 13.8 Å². The number of hydrogen-bond acceptors (Lipinski definition) is 1. The minimum absolute atomic E-state index is 0.0694. The third-order valence-electron chi connectivity index (χ3n) is 0.644. The Balaban J connectivity index is 3.17. The summed E-state index contributed by atoms with van der Waals surface area (Å²) in [5, 5.41) is 0.0694. The molecule has 0 heterocycles. The summed E-state index contributed by atoms with van der Waals surface area (Å²) in [5.74, 6) is 0. The molecule has 0 radical (unpaired) electrons. The van der Waals surface area contributed by atoms with Crippen molar-refractivity contribution in [2.24, 2.45) is 5.73 Å². The number of nitrogens with two attached hydrogens (primary N) is 1. The second kappa shape index (κ2) is 1.90. The normalized spacial score (nSPS) is 14.0. The van der Waals surface area contributed by atoms with Crippen molar-refractivity contribution < 1.29 is 0 Å². The van der Waals surface area contributed by atoms with E-state index in [1.165, 1.54) is 0 Å². The molecule has 0 aliphatic rings. The Morgan fingerprint density at radius 2 is 1.67 bits per heavy atom. The molecular weight excluding hydrogens is 93.0 g/mol. The second-order valence-electron chi connectivity index (χ2n) is 1.97. The molecule has 0 fully saturated rings. The lowest BCUT2D eigenvalue weighted by Gasteiger charge is -2.13. The van der Waals surface area contributed by atoms with Crippen LogP contribution in [0.15, 0.2) is 0 Å². The molecule has 0 rings (SSSR count). The van der Waals surface area contributed by atoms with E-state index in [0.29, 0.717) is 0 Å². The van der Waals surface area contributed by atoms with Crippen LogP contribution in [0.4, 0.5) is 0 Å². The Bertz CT molecular complexity index is 37.3. The van der Waals surface area contributed by atoms with Gasteiger partial charge < -0.3 is 5.73 Å². The zero-order valence-electron chi connectivity index (χ0n) is 4.58. The molecule has 6 heavy (non-hydrogen) atoms. The molecule has 38 valence electrons. The summed E-state index contributed by atoms with van der Waals surface area (Å²) in [6, 6.07) is 0. The summed E-state index contributed by atoms with van der Waals surface area (Å²) in [7, 11) is 0.845. The molecule has 0 spiro atoms. The van der Waals surface area contributed by atoms with Gasteiger partial charge in [0.25, 0.3) is 0 Å². The van der Waals surface area contributed by atoms with Gasteiger partial charge in [0.2, 0.25) is 0 Å². The highest BCUT2D eigenvalue weighted by Crippen LogP contribution is 2.19. The summed E-state index contributed by atoms with van der Waals surface area (Å²) in [6.45, 7) is 6.18. The second-order valence-corrected chi connectivity index (χ2v) is 3.76. The van der Waals surface area contributed by atoms with Gasteiger partial charge in [-0.2, -0.15) is 0 Å². The van der Waals surface area contributed by atoms with E-state index < -0.39 is 0 Å². The predicted molar refractivity (Wildman–Crippen MR) is 32.5 cm³/mol. The highest BCUT2D eigenvalue weighted by molar-refractivity contribution is 7.38. The Hall–Kier alpha value is 0.390. The van der Waals surface area contributed by atoms with Crippen molar-refractivity contribution in [1.82, 2.24) is 0 Å². The number of hydrogen-bond donors (Lipinski definition) is 1. The van der Waals surface area contributed by atoms with Crippen LogP contribution in [0.25, 0.3) is 0 Å². The van der Waals surface area contributed by atoms with Crippen molar-refractivity contribution in [2.75, 3.05) is 6.66 Å². The Labute approximate surface area is 41.1 Å². The molecule has 0 aliphatic carbocycles. The van der Waals surface area contributed by atoms with Gasteiger partial charge in [-0.15, -0.1) is 8.58 Å². The van der Waals surface area contributed by atoms with Crippen LogP contribution < -0.4 is 5.73 Å². The van der Waals surface area contributed by atoms with E-state index in [4.69, 9.17) is 5.73 Å². The molecule has 1 unspecified atom stereocenters. The molecule has 0 amide bonds. The molecular formula is C4H12NP. The first-order valence-electron chi connectivity index (χ1n) is 2.04. The lowest BCUT2D eigenvalue weighted by molar-refractivity contribution is 0.752. The molecule has 0 aliphatic heterocycles. The van der Waals surface area contributed by atoms with Crippen LogP contribution in [-0.4, -0.2) is 11.9 Å². The lowest BCUT2D eigenvalue weighted by atomic mass is 10.4. The van der Waals surface area contributed by atoms with Crippen LogP contribution in [0.1, 0.15) is 13.8 Å². The van der Waals surface area contributed by atoms with Crippen LogP contribution >= 0.6 is 8.58 Å². The zero-order chi connectivity index (χ0) is 5.21. The quantitative estimate of drug-likeness (QED) is 0.494. The molecule has 2 N–H and O–H groups in total. The van der Waals surface area contributed by atoms with Crippen LogP contribution in [0, 0.1) is 0 Å². The van der Waals surface area contributed by atoms with E-state index in [2.05, 4.69) is 6.66 Å². The topological polar surface area (TPSA) is 26.0 Å². The summed E-state index contributed by atoms with van der Waals surface area (Å²) < 4.78 is 0. The van der Waals surface area contributed by atoms with Crippen molar-refractivity contribution in [3.63, 3.8) is 0 Å². The van der Waals surface area contributed by atoms with Gasteiger partial charge in [-0.25, -0.2) is 0 Å². The monoisotopic (exact) mass is 105 g/mol. The predicted octanol–water partition coefficient (Wildman–Crippen LogP) is 0.990. The maximum Gasteiger partial charge on any atom is 0.0267 e. The first-order valence-corrected chi connectivity index (χ1v) is 3.54. The zero-order valence-corrected chi connectivity index (χ0v) is 5.58. The number of rotatable bonds is 1. The van der Waals surface area contributed by atoms with Gasteiger partial charge in [0, 0.05) is 5.28 Å². The maximum absolute atomic E-state index is 5.55. The van der Waals surface area contributed by atoms with E-state index in [9.17, 15) is 0 Å². The van der Waals surface area contributed by atoms with Gasteiger partial charge in [-0.1, -0.05) is 0 Å². The highest BCUT2D eigenvalue weighted by Gasteiger charge is 2.03. The van der Waals surface area contributed by atoms with E-state index in [1.54, 1.807) is 0 Å². The molecule has 0 aromatic heterocycles. The van der Waals surface area contributed by atoms with Crippen molar-refractivity contribution >= 4 is 8.58 Å². The fourth-order valence-corrected chi connectivity index (χ4v) is 0. The van der Waals surface area contributed by atoms with Gasteiger partial charge in [-0.3, -0.25) is 0 Å². The molecule has 0 saturated carbocycles. The molecule has 0 aromatic rings. The smallest absolute Gasteiger partial charge is 0.0267 e. The van der Waals surface area contributed by atoms with E-state index in [-0.39, 0.29) is 5.28 Å². The Morgan fingerprint density at radius 3 is 1.67 bits per heavy atom. The first kappa shape index (κ1) is 6.39. The third-order valence-corrected chi connectivity index (χ3v) is 1.93. The van der Waals surface area contributed by atoms with Gasteiger partial charge in [0.15, 0.2) is 0 Å². The summed E-state index contributed by atoms with van der Waals surface area (Å²) >= 11 is 0. The van der Waals surface area contributed by atoms with E-state index in [0.717, 1.165) is 8.58 Å². The van der Waals surface area contributed by atoms with Crippen LogP contribution in [0.3, 0.4) is 0 Å². The lowest BCUT2D eigenvalue weighted by Crippen LogP contribution is -2.24. The van der Waals surface area contributed by atoms with Crippen molar-refractivity contribution in [1.29, 1.82) is 0 Å². The van der Waals surface area contributed by atoms with Crippen LogP contribution in [-0.2, 0) is 0 Å². The average molecular weight is 105 g/mol. The SMILES string of the molecule is CPC(C)(C)N. The third kappa shape index (κ3) is 4.39. The molecule has 0 saturated heterocycles. The van der Waals surface area contributed by atoms with Gasteiger partial charge in [0.1, 0.15) is 0 Å². The van der Waals surface area contributed by atoms with Crippen molar-refractivity contribution in [2.45, 2.75) is 19.1 Å². The molecule has 1 atom stereocenters. The molecule has 1 nitrogen and oxygen atoms in total.